The van der Waals surface area contributed by atoms with Gasteiger partial charge in [-0.3, -0.25) is 0 Å². The zero-order chi connectivity index (χ0) is 13.5. The van der Waals surface area contributed by atoms with Crippen molar-refractivity contribution < 1.29 is 0 Å². The third kappa shape index (κ3) is 3.93. The summed E-state index contributed by atoms with van der Waals surface area (Å²) in [7, 11) is 2.21. The number of rotatable bonds is 6. The molecule has 2 rings (SSSR count). The Morgan fingerprint density at radius 2 is 1.58 bits per heavy atom. The van der Waals surface area contributed by atoms with Crippen LogP contribution in [0.15, 0.2) is 54.6 Å². The monoisotopic (exact) mass is 253 g/mol. The van der Waals surface area contributed by atoms with E-state index in [2.05, 4.69) is 73.5 Å². The second-order valence-corrected chi connectivity index (χ2v) is 5.11. The van der Waals surface area contributed by atoms with E-state index in [4.69, 9.17) is 0 Å². The molecule has 19 heavy (non-hydrogen) atoms. The molecule has 0 aliphatic rings. The maximum atomic E-state index is 2.41. The first-order valence-electron chi connectivity index (χ1n) is 7.13. The van der Waals surface area contributed by atoms with E-state index in [1.807, 2.05) is 0 Å². The van der Waals surface area contributed by atoms with Crippen molar-refractivity contribution in [2.45, 2.75) is 26.3 Å². The van der Waals surface area contributed by atoms with E-state index in [0.717, 1.165) is 6.54 Å². The molecule has 0 radical (unpaired) electrons. The van der Waals surface area contributed by atoms with Gasteiger partial charge in [0, 0.05) is 6.54 Å². The van der Waals surface area contributed by atoms with Gasteiger partial charge in [0.2, 0.25) is 0 Å². The lowest BCUT2D eigenvalue weighted by Crippen LogP contribution is -2.19. The largest absolute Gasteiger partial charge is 0.302 e. The van der Waals surface area contributed by atoms with E-state index in [1.165, 1.54) is 36.1 Å². The maximum Gasteiger partial charge on any atom is 0.0236 e. The van der Waals surface area contributed by atoms with Crippen LogP contribution in [0.5, 0.6) is 0 Å². The highest BCUT2D eigenvalue weighted by Gasteiger charge is 2.06. The lowest BCUT2D eigenvalue weighted by molar-refractivity contribution is 0.321. The molecule has 0 heterocycles. The third-order valence-corrected chi connectivity index (χ3v) is 3.44. The van der Waals surface area contributed by atoms with Crippen molar-refractivity contribution in [2.24, 2.45) is 0 Å². The fourth-order valence-corrected chi connectivity index (χ4v) is 2.36. The standard InChI is InChI=1S/C18H23N/c1-3-4-14-19(2)15-17-12-8-9-13-18(17)16-10-6-5-7-11-16/h5-13H,3-4,14-15H2,1-2H3. The topological polar surface area (TPSA) is 3.24 Å². The van der Waals surface area contributed by atoms with Crippen LogP contribution in [-0.2, 0) is 6.54 Å². The predicted molar refractivity (Wildman–Crippen MR) is 83.1 cm³/mol. The molecule has 1 heteroatoms. The molecular weight excluding hydrogens is 230 g/mol. The summed E-state index contributed by atoms with van der Waals surface area (Å²) >= 11 is 0. The molecule has 0 aliphatic heterocycles. The van der Waals surface area contributed by atoms with Crippen molar-refractivity contribution in [1.82, 2.24) is 4.90 Å². The Balaban J connectivity index is 2.17. The summed E-state index contributed by atoms with van der Waals surface area (Å²) in [6.45, 7) is 4.43. The van der Waals surface area contributed by atoms with E-state index in [9.17, 15) is 0 Å². The molecule has 0 bridgehead atoms. The third-order valence-electron chi connectivity index (χ3n) is 3.44. The summed E-state index contributed by atoms with van der Waals surface area (Å²) in [5.74, 6) is 0. The Hall–Kier alpha value is -1.60. The van der Waals surface area contributed by atoms with Crippen molar-refractivity contribution in [3.8, 4) is 11.1 Å². The molecule has 0 fully saturated rings. The number of benzene rings is 2. The van der Waals surface area contributed by atoms with Crippen molar-refractivity contribution in [2.75, 3.05) is 13.6 Å². The van der Waals surface area contributed by atoms with Crippen LogP contribution in [0.2, 0.25) is 0 Å². The molecule has 2 aromatic carbocycles. The molecule has 2 aromatic rings. The van der Waals surface area contributed by atoms with Gasteiger partial charge < -0.3 is 4.90 Å². The molecule has 0 amide bonds. The van der Waals surface area contributed by atoms with Crippen LogP contribution in [0.25, 0.3) is 11.1 Å². The fourth-order valence-electron chi connectivity index (χ4n) is 2.36. The van der Waals surface area contributed by atoms with Gasteiger partial charge in [0.15, 0.2) is 0 Å². The summed E-state index contributed by atoms with van der Waals surface area (Å²) in [5.41, 5.74) is 4.07. The van der Waals surface area contributed by atoms with Crippen LogP contribution in [0.3, 0.4) is 0 Å². The van der Waals surface area contributed by atoms with Crippen molar-refractivity contribution >= 4 is 0 Å². The normalized spacial score (nSPS) is 10.9. The highest BCUT2D eigenvalue weighted by molar-refractivity contribution is 5.67. The van der Waals surface area contributed by atoms with Gasteiger partial charge in [-0.25, -0.2) is 0 Å². The van der Waals surface area contributed by atoms with Crippen molar-refractivity contribution in [3.63, 3.8) is 0 Å². The molecule has 0 spiro atoms. The minimum absolute atomic E-state index is 1.02. The van der Waals surface area contributed by atoms with Gasteiger partial charge in [0.1, 0.15) is 0 Å². The maximum absolute atomic E-state index is 2.41. The smallest absolute Gasteiger partial charge is 0.0236 e. The van der Waals surface area contributed by atoms with Gasteiger partial charge >= 0.3 is 0 Å². The number of unbranched alkanes of at least 4 members (excludes halogenated alkanes) is 1. The molecular formula is C18H23N. The molecule has 0 unspecified atom stereocenters. The number of hydrogen-bond donors (Lipinski definition) is 0. The van der Waals surface area contributed by atoms with Gasteiger partial charge in [-0.2, -0.15) is 0 Å². The van der Waals surface area contributed by atoms with Crippen molar-refractivity contribution in [1.29, 1.82) is 0 Å². The van der Waals surface area contributed by atoms with E-state index in [-0.39, 0.29) is 0 Å². The first-order chi connectivity index (χ1) is 9.31. The minimum Gasteiger partial charge on any atom is -0.302 e. The van der Waals surface area contributed by atoms with E-state index in [0.29, 0.717) is 0 Å². The van der Waals surface area contributed by atoms with Crippen LogP contribution < -0.4 is 0 Å². The molecule has 0 saturated carbocycles. The van der Waals surface area contributed by atoms with Crippen LogP contribution >= 0.6 is 0 Å². The fraction of sp³-hybridized carbons (Fsp3) is 0.333. The molecule has 100 valence electrons. The molecule has 0 atom stereocenters. The zero-order valence-electron chi connectivity index (χ0n) is 12.0. The lowest BCUT2D eigenvalue weighted by Gasteiger charge is -2.18. The Morgan fingerprint density at radius 1 is 0.895 bits per heavy atom. The predicted octanol–water partition coefficient (Wildman–Crippen LogP) is 4.59. The highest BCUT2D eigenvalue weighted by atomic mass is 15.1. The van der Waals surface area contributed by atoms with Crippen molar-refractivity contribution in [3.05, 3.63) is 60.2 Å². The van der Waals surface area contributed by atoms with Gasteiger partial charge in [-0.05, 0) is 36.7 Å². The Kier molecular flexibility index (Phi) is 5.17. The lowest BCUT2D eigenvalue weighted by atomic mass is 9.99. The minimum atomic E-state index is 1.02. The summed E-state index contributed by atoms with van der Waals surface area (Å²) in [4.78, 5) is 2.41. The molecule has 0 aliphatic carbocycles. The zero-order valence-corrected chi connectivity index (χ0v) is 12.0. The van der Waals surface area contributed by atoms with Gasteiger partial charge in [0.25, 0.3) is 0 Å². The molecule has 0 aromatic heterocycles. The second kappa shape index (κ2) is 7.10. The summed E-state index contributed by atoms with van der Waals surface area (Å²) in [5, 5.41) is 0. The Bertz CT molecular complexity index is 490. The average Bonchev–Trinajstić information content (AvgIpc) is 2.46. The van der Waals surface area contributed by atoms with Crippen LogP contribution in [0.4, 0.5) is 0 Å². The van der Waals surface area contributed by atoms with Crippen LogP contribution in [-0.4, -0.2) is 18.5 Å². The quantitative estimate of drug-likeness (QED) is 0.728. The first kappa shape index (κ1) is 13.8. The van der Waals surface area contributed by atoms with E-state index < -0.39 is 0 Å². The van der Waals surface area contributed by atoms with Crippen LogP contribution in [0.1, 0.15) is 25.3 Å². The summed E-state index contributed by atoms with van der Waals surface area (Å²) in [6.07, 6.45) is 2.52. The number of nitrogens with zero attached hydrogens (tertiary/aromatic N) is 1. The average molecular weight is 253 g/mol. The van der Waals surface area contributed by atoms with E-state index in [1.54, 1.807) is 0 Å². The Labute approximate surface area is 116 Å². The van der Waals surface area contributed by atoms with Gasteiger partial charge in [-0.1, -0.05) is 67.9 Å². The van der Waals surface area contributed by atoms with Gasteiger partial charge in [-0.15, -0.1) is 0 Å². The van der Waals surface area contributed by atoms with Crippen LogP contribution in [0, 0.1) is 0 Å². The molecule has 0 saturated heterocycles. The first-order valence-corrected chi connectivity index (χ1v) is 7.13. The van der Waals surface area contributed by atoms with Gasteiger partial charge in [0.05, 0.1) is 0 Å². The summed E-state index contributed by atoms with van der Waals surface area (Å²) < 4.78 is 0. The Morgan fingerprint density at radius 3 is 2.32 bits per heavy atom. The number of hydrogen-bond acceptors (Lipinski definition) is 1. The summed E-state index contributed by atoms with van der Waals surface area (Å²) in [6, 6.07) is 19.4. The SMILES string of the molecule is CCCCN(C)Cc1ccccc1-c1ccccc1. The second-order valence-electron chi connectivity index (χ2n) is 5.11. The van der Waals surface area contributed by atoms with E-state index >= 15 is 0 Å². The highest BCUT2D eigenvalue weighted by Crippen LogP contribution is 2.24. The molecule has 0 N–H and O–H groups in total. The molecule has 1 nitrogen and oxygen atoms in total.